The zero-order chi connectivity index (χ0) is 8.91. The number of ether oxygens (including phenoxy) is 1. The predicted molar refractivity (Wildman–Crippen MR) is 40.9 cm³/mol. The van der Waals surface area contributed by atoms with Gasteiger partial charge in [-0.3, -0.25) is 0 Å². The minimum absolute atomic E-state index is 0.114. The van der Waals surface area contributed by atoms with Crippen LogP contribution >= 0.6 is 0 Å². The molecule has 3 heteroatoms. The second kappa shape index (κ2) is 4.65. The Labute approximate surface area is 66.7 Å². The molecular weight excluding hydrogens is 150 g/mol. The van der Waals surface area contributed by atoms with Crippen molar-refractivity contribution in [3.8, 4) is 0 Å². The Bertz CT molecular complexity index is 104. The van der Waals surface area contributed by atoms with Gasteiger partial charge in [0.25, 0.3) is 5.92 Å². The van der Waals surface area contributed by atoms with Crippen LogP contribution in [0.1, 0.15) is 33.6 Å². The summed E-state index contributed by atoms with van der Waals surface area (Å²) in [6, 6.07) is 0. The molecule has 0 bridgehead atoms. The van der Waals surface area contributed by atoms with Gasteiger partial charge in [-0.15, -0.1) is 0 Å². The van der Waals surface area contributed by atoms with Gasteiger partial charge in [-0.1, -0.05) is 13.8 Å². The summed E-state index contributed by atoms with van der Waals surface area (Å²) >= 11 is 0. The van der Waals surface area contributed by atoms with E-state index < -0.39 is 5.92 Å². The van der Waals surface area contributed by atoms with Gasteiger partial charge in [0.05, 0.1) is 12.7 Å². The lowest BCUT2D eigenvalue weighted by Crippen LogP contribution is -2.31. The van der Waals surface area contributed by atoms with E-state index in [0.717, 1.165) is 0 Å². The minimum Gasteiger partial charge on any atom is -0.378 e. The molecule has 0 aromatic rings. The third-order valence-electron chi connectivity index (χ3n) is 1.46. The first kappa shape index (κ1) is 10.8. The first-order valence-corrected chi connectivity index (χ1v) is 4.10. The van der Waals surface area contributed by atoms with Gasteiger partial charge in [0.15, 0.2) is 0 Å². The topological polar surface area (TPSA) is 9.23 Å². The van der Waals surface area contributed by atoms with Crippen molar-refractivity contribution in [2.45, 2.75) is 45.6 Å². The first-order valence-electron chi connectivity index (χ1n) is 4.10. The lowest BCUT2D eigenvalue weighted by atomic mass is 10.1. The van der Waals surface area contributed by atoms with E-state index >= 15 is 0 Å². The number of hydrogen-bond acceptors (Lipinski definition) is 1. The van der Waals surface area contributed by atoms with E-state index in [9.17, 15) is 8.78 Å². The summed E-state index contributed by atoms with van der Waals surface area (Å²) in [4.78, 5) is 0. The average molecular weight is 166 g/mol. The fourth-order valence-electron chi connectivity index (χ4n) is 0.991. The Kier molecular flexibility index (Phi) is 4.57. The van der Waals surface area contributed by atoms with Crippen molar-refractivity contribution in [1.82, 2.24) is 0 Å². The number of rotatable bonds is 0. The van der Waals surface area contributed by atoms with Gasteiger partial charge < -0.3 is 4.74 Å². The fraction of sp³-hybridized carbons (Fsp3) is 1.00. The molecule has 0 aromatic carbocycles. The maximum atomic E-state index is 12.4. The summed E-state index contributed by atoms with van der Waals surface area (Å²) in [6.45, 7) is 5.88. The van der Waals surface area contributed by atoms with E-state index in [1.807, 2.05) is 13.8 Å². The van der Waals surface area contributed by atoms with E-state index in [2.05, 4.69) is 0 Å². The van der Waals surface area contributed by atoms with Crippen LogP contribution in [0.15, 0.2) is 0 Å². The molecule has 1 nitrogen and oxygen atoms in total. The van der Waals surface area contributed by atoms with E-state index in [4.69, 9.17) is 4.74 Å². The van der Waals surface area contributed by atoms with Gasteiger partial charge in [-0.25, -0.2) is 8.78 Å². The Balaban J connectivity index is 0.000000461. The summed E-state index contributed by atoms with van der Waals surface area (Å²) in [5.74, 6) is -2.47. The second-order valence-electron chi connectivity index (χ2n) is 2.49. The number of halogens is 2. The van der Waals surface area contributed by atoms with Crippen molar-refractivity contribution in [2.24, 2.45) is 0 Å². The molecule has 1 fully saturated rings. The van der Waals surface area contributed by atoms with E-state index in [-0.39, 0.29) is 25.6 Å². The summed E-state index contributed by atoms with van der Waals surface area (Å²) in [7, 11) is 0. The van der Waals surface area contributed by atoms with Crippen molar-refractivity contribution in [2.75, 3.05) is 6.61 Å². The van der Waals surface area contributed by atoms with Crippen molar-refractivity contribution in [3.63, 3.8) is 0 Å². The normalized spacial score (nSPS) is 28.6. The highest BCUT2D eigenvalue weighted by Gasteiger charge is 2.34. The molecule has 1 aliphatic heterocycles. The molecule has 0 radical (unpaired) electrons. The second-order valence-corrected chi connectivity index (χ2v) is 2.49. The Morgan fingerprint density at radius 2 is 1.91 bits per heavy atom. The van der Waals surface area contributed by atoms with Crippen LogP contribution in [0.25, 0.3) is 0 Å². The van der Waals surface area contributed by atoms with Gasteiger partial charge in [0.1, 0.15) is 0 Å². The third kappa shape index (κ3) is 4.30. The van der Waals surface area contributed by atoms with E-state index in [1.54, 1.807) is 6.92 Å². The van der Waals surface area contributed by atoms with Crippen LogP contribution in [0.2, 0.25) is 0 Å². The summed E-state index contributed by atoms with van der Waals surface area (Å²) in [5.41, 5.74) is 0. The van der Waals surface area contributed by atoms with Gasteiger partial charge in [-0.2, -0.15) is 0 Å². The van der Waals surface area contributed by atoms with Crippen LogP contribution in [0.4, 0.5) is 8.78 Å². The predicted octanol–water partition coefficient (Wildman–Crippen LogP) is 2.85. The first-order chi connectivity index (χ1) is 5.10. The minimum atomic E-state index is -2.47. The van der Waals surface area contributed by atoms with Crippen LogP contribution in [-0.2, 0) is 4.74 Å². The Hall–Kier alpha value is -0.180. The van der Waals surface area contributed by atoms with Crippen molar-refractivity contribution in [1.29, 1.82) is 0 Å². The highest BCUT2D eigenvalue weighted by molar-refractivity contribution is 4.74. The summed E-state index contributed by atoms with van der Waals surface area (Å²) in [6.07, 6.45) is -0.501. The zero-order valence-corrected chi connectivity index (χ0v) is 7.36. The lowest BCUT2D eigenvalue weighted by molar-refractivity contribution is -0.121. The fourth-order valence-corrected chi connectivity index (χ4v) is 0.991. The third-order valence-corrected chi connectivity index (χ3v) is 1.46. The number of hydrogen-bond donors (Lipinski definition) is 0. The molecule has 0 spiro atoms. The molecule has 11 heavy (non-hydrogen) atoms. The van der Waals surface area contributed by atoms with Crippen LogP contribution < -0.4 is 0 Å². The van der Waals surface area contributed by atoms with Crippen molar-refractivity contribution in [3.05, 3.63) is 0 Å². The molecule has 1 unspecified atom stereocenters. The van der Waals surface area contributed by atoms with Gasteiger partial charge in [-0.05, 0) is 6.92 Å². The molecule has 1 saturated heterocycles. The molecule has 1 aliphatic rings. The molecule has 1 heterocycles. The van der Waals surface area contributed by atoms with Crippen LogP contribution in [0.5, 0.6) is 0 Å². The van der Waals surface area contributed by atoms with Crippen LogP contribution in [0, 0.1) is 0 Å². The van der Waals surface area contributed by atoms with Crippen molar-refractivity contribution < 1.29 is 13.5 Å². The molecule has 1 rings (SSSR count). The molecule has 0 amide bonds. The molecular formula is C8H16F2O. The monoisotopic (exact) mass is 166 g/mol. The molecule has 0 aromatic heterocycles. The standard InChI is InChI=1S/C6H10F2O.C2H6/c1-5-4-6(7,8)2-3-9-5;1-2/h5H,2-4H2,1H3;1-2H3. The van der Waals surface area contributed by atoms with E-state index in [0.29, 0.717) is 0 Å². The molecule has 0 aliphatic carbocycles. The average Bonchev–Trinajstić information content (AvgIpc) is 1.89. The molecule has 1 atom stereocenters. The maximum Gasteiger partial charge on any atom is 0.252 e. The Morgan fingerprint density at radius 1 is 1.36 bits per heavy atom. The molecule has 0 N–H and O–H groups in total. The number of alkyl halides is 2. The van der Waals surface area contributed by atoms with Crippen LogP contribution in [-0.4, -0.2) is 18.6 Å². The van der Waals surface area contributed by atoms with E-state index in [1.165, 1.54) is 0 Å². The molecule has 68 valence electrons. The summed E-state index contributed by atoms with van der Waals surface area (Å²) in [5, 5.41) is 0. The smallest absolute Gasteiger partial charge is 0.252 e. The summed E-state index contributed by atoms with van der Waals surface area (Å²) < 4.78 is 29.7. The Morgan fingerprint density at radius 3 is 2.18 bits per heavy atom. The lowest BCUT2D eigenvalue weighted by Gasteiger charge is -2.26. The zero-order valence-electron chi connectivity index (χ0n) is 7.36. The van der Waals surface area contributed by atoms with Crippen molar-refractivity contribution >= 4 is 0 Å². The van der Waals surface area contributed by atoms with Gasteiger partial charge in [0.2, 0.25) is 0 Å². The highest BCUT2D eigenvalue weighted by atomic mass is 19.3. The highest BCUT2D eigenvalue weighted by Crippen LogP contribution is 2.29. The molecule has 0 saturated carbocycles. The van der Waals surface area contributed by atoms with Gasteiger partial charge >= 0.3 is 0 Å². The largest absolute Gasteiger partial charge is 0.378 e. The van der Waals surface area contributed by atoms with Crippen LogP contribution in [0.3, 0.4) is 0 Å². The van der Waals surface area contributed by atoms with Gasteiger partial charge in [0, 0.05) is 12.8 Å². The quantitative estimate of drug-likeness (QED) is 0.537. The SMILES string of the molecule is CC.CC1CC(F)(F)CCO1. The maximum absolute atomic E-state index is 12.4.